The van der Waals surface area contributed by atoms with Crippen molar-refractivity contribution in [3.63, 3.8) is 0 Å². The standard InChI is InChI=1S/C10H9ClS3/c1-13-10-6(5-11)2-3-8-7(10)4-9(12)14-8/h2-4,12H,5H2,1H3. The first-order valence-corrected chi connectivity index (χ1v) is 7.13. The number of halogens is 1. The molecule has 0 bridgehead atoms. The molecule has 14 heavy (non-hydrogen) atoms. The molecule has 0 aliphatic heterocycles. The van der Waals surface area contributed by atoms with Crippen LogP contribution in [0.5, 0.6) is 0 Å². The first-order valence-electron chi connectivity index (χ1n) is 4.10. The zero-order valence-corrected chi connectivity index (χ0v) is 10.9. The third-order valence-corrected chi connectivity index (χ3v) is 4.55. The summed E-state index contributed by atoms with van der Waals surface area (Å²) in [6.45, 7) is 0. The molecule has 74 valence electrons. The van der Waals surface area contributed by atoms with Crippen LogP contribution in [0.3, 0.4) is 0 Å². The Balaban J connectivity index is 2.75. The van der Waals surface area contributed by atoms with E-state index in [1.54, 1.807) is 23.1 Å². The van der Waals surface area contributed by atoms with Crippen LogP contribution in [0.4, 0.5) is 0 Å². The highest BCUT2D eigenvalue weighted by Crippen LogP contribution is 2.37. The second-order valence-electron chi connectivity index (χ2n) is 2.89. The van der Waals surface area contributed by atoms with Crippen molar-refractivity contribution in [1.82, 2.24) is 0 Å². The van der Waals surface area contributed by atoms with E-state index in [1.807, 2.05) is 0 Å². The highest BCUT2D eigenvalue weighted by Gasteiger charge is 2.08. The molecule has 0 saturated heterocycles. The van der Waals surface area contributed by atoms with Crippen LogP contribution in [0.25, 0.3) is 10.1 Å². The maximum Gasteiger partial charge on any atom is 0.0581 e. The minimum Gasteiger partial charge on any atom is -0.133 e. The van der Waals surface area contributed by atoms with Crippen LogP contribution in [-0.4, -0.2) is 6.26 Å². The molecular weight excluding hydrogens is 252 g/mol. The van der Waals surface area contributed by atoms with Crippen LogP contribution in [0.15, 0.2) is 27.3 Å². The van der Waals surface area contributed by atoms with Crippen molar-refractivity contribution >= 4 is 57.4 Å². The molecule has 0 aliphatic rings. The van der Waals surface area contributed by atoms with E-state index >= 15 is 0 Å². The molecule has 1 heterocycles. The van der Waals surface area contributed by atoms with Crippen molar-refractivity contribution in [2.24, 2.45) is 0 Å². The van der Waals surface area contributed by atoms with Gasteiger partial charge >= 0.3 is 0 Å². The van der Waals surface area contributed by atoms with Gasteiger partial charge < -0.3 is 0 Å². The van der Waals surface area contributed by atoms with Gasteiger partial charge in [-0.1, -0.05) is 6.07 Å². The Morgan fingerprint density at radius 2 is 2.29 bits per heavy atom. The highest BCUT2D eigenvalue weighted by molar-refractivity contribution is 7.99. The largest absolute Gasteiger partial charge is 0.133 e. The van der Waals surface area contributed by atoms with Gasteiger partial charge in [0.15, 0.2) is 0 Å². The normalized spacial score (nSPS) is 11.1. The molecule has 4 heteroatoms. The topological polar surface area (TPSA) is 0 Å². The third kappa shape index (κ3) is 1.78. The van der Waals surface area contributed by atoms with Gasteiger partial charge in [-0.25, -0.2) is 0 Å². The Kier molecular flexibility index (Phi) is 3.32. The molecule has 0 fully saturated rings. The number of thioether (sulfide) groups is 1. The Bertz CT molecular complexity index is 462. The molecule has 0 atom stereocenters. The van der Waals surface area contributed by atoms with Crippen LogP contribution >= 0.6 is 47.3 Å². The number of thiol groups is 1. The minimum absolute atomic E-state index is 0.573. The van der Waals surface area contributed by atoms with Gasteiger partial charge in [0.05, 0.1) is 4.21 Å². The molecule has 1 aromatic heterocycles. The van der Waals surface area contributed by atoms with Gasteiger partial charge in [-0.05, 0) is 24.0 Å². The van der Waals surface area contributed by atoms with Crippen LogP contribution < -0.4 is 0 Å². The lowest BCUT2D eigenvalue weighted by atomic mass is 10.2. The molecule has 0 radical (unpaired) electrons. The van der Waals surface area contributed by atoms with Gasteiger partial charge in [0.25, 0.3) is 0 Å². The molecule has 2 rings (SSSR count). The fourth-order valence-corrected chi connectivity index (χ4v) is 3.86. The Morgan fingerprint density at radius 3 is 2.93 bits per heavy atom. The zero-order chi connectivity index (χ0) is 10.1. The predicted octanol–water partition coefficient (Wildman–Crippen LogP) is 4.65. The molecule has 0 nitrogen and oxygen atoms in total. The van der Waals surface area contributed by atoms with E-state index in [-0.39, 0.29) is 0 Å². The van der Waals surface area contributed by atoms with Gasteiger partial charge in [-0.2, -0.15) is 0 Å². The molecule has 0 amide bonds. The highest BCUT2D eigenvalue weighted by atomic mass is 35.5. The number of thiophene rings is 1. The number of fused-ring (bicyclic) bond motifs is 1. The van der Waals surface area contributed by atoms with Gasteiger partial charge in [-0.15, -0.1) is 47.3 Å². The second-order valence-corrected chi connectivity index (χ2v) is 5.84. The van der Waals surface area contributed by atoms with Crippen molar-refractivity contribution in [3.05, 3.63) is 23.8 Å². The van der Waals surface area contributed by atoms with Crippen LogP contribution in [-0.2, 0) is 5.88 Å². The van der Waals surface area contributed by atoms with Gasteiger partial charge in [0.1, 0.15) is 0 Å². The summed E-state index contributed by atoms with van der Waals surface area (Å²) in [5.74, 6) is 0.573. The lowest BCUT2D eigenvalue weighted by Crippen LogP contribution is -1.82. The van der Waals surface area contributed by atoms with Gasteiger partial charge in [-0.3, -0.25) is 0 Å². The van der Waals surface area contributed by atoms with E-state index in [9.17, 15) is 0 Å². The number of rotatable bonds is 2. The predicted molar refractivity (Wildman–Crippen MR) is 70.4 cm³/mol. The summed E-state index contributed by atoms with van der Waals surface area (Å²) in [5.41, 5.74) is 1.21. The first kappa shape index (κ1) is 10.7. The van der Waals surface area contributed by atoms with E-state index in [4.69, 9.17) is 11.6 Å². The summed E-state index contributed by atoms with van der Waals surface area (Å²) in [6, 6.07) is 6.34. The SMILES string of the molecule is CSc1c(CCl)ccc2sc(S)cc12. The van der Waals surface area contributed by atoms with E-state index in [1.165, 1.54) is 20.5 Å². The monoisotopic (exact) mass is 260 g/mol. The fourth-order valence-electron chi connectivity index (χ4n) is 1.46. The van der Waals surface area contributed by atoms with E-state index < -0.39 is 0 Å². The summed E-state index contributed by atoms with van der Waals surface area (Å²) in [6.07, 6.45) is 2.08. The summed E-state index contributed by atoms with van der Waals surface area (Å²) in [5, 5.41) is 1.28. The number of hydrogen-bond donors (Lipinski definition) is 1. The molecule has 2 aromatic rings. The minimum atomic E-state index is 0.573. The summed E-state index contributed by atoms with van der Waals surface area (Å²) in [7, 11) is 0. The number of hydrogen-bond acceptors (Lipinski definition) is 3. The lowest BCUT2D eigenvalue weighted by Gasteiger charge is -2.04. The Hall–Kier alpha value is 0.170. The quantitative estimate of drug-likeness (QED) is 0.466. The molecule has 0 aliphatic carbocycles. The molecule has 0 N–H and O–H groups in total. The molecule has 0 saturated carbocycles. The van der Waals surface area contributed by atoms with Crippen LogP contribution in [0.1, 0.15) is 5.56 Å². The molecule has 0 unspecified atom stereocenters. The van der Waals surface area contributed by atoms with Crippen molar-refractivity contribution < 1.29 is 0 Å². The summed E-state index contributed by atoms with van der Waals surface area (Å²) < 4.78 is 2.34. The fraction of sp³-hybridized carbons (Fsp3) is 0.200. The maximum atomic E-state index is 5.89. The van der Waals surface area contributed by atoms with Crippen molar-refractivity contribution in [2.45, 2.75) is 15.0 Å². The zero-order valence-electron chi connectivity index (χ0n) is 7.58. The average Bonchev–Trinajstić information content (AvgIpc) is 2.56. The van der Waals surface area contributed by atoms with Crippen molar-refractivity contribution in [2.75, 3.05) is 6.26 Å². The Labute approximate surface area is 102 Å². The number of alkyl halides is 1. The van der Waals surface area contributed by atoms with E-state index in [2.05, 4.69) is 37.1 Å². The summed E-state index contributed by atoms with van der Waals surface area (Å²) in [4.78, 5) is 1.29. The Morgan fingerprint density at radius 1 is 1.50 bits per heavy atom. The molecular formula is C10H9ClS3. The smallest absolute Gasteiger partial charge is 0.0581 e. The van der Waals surface area contributed by atoms with E-state index in [0.717, 1.165) is 4.21 Å². The maximum absolute atomic E-state index is 5.89. The average molecular weight is 261 g/mol. The summed E-state index contributed by atoms with van der Waals surface area (Å²) >= 11 is 13.7. The van der Waals surface area contributed by atoms with E-state index in [0.29, 0.717) is 5.88 Å². The lowest BCUT2D eigenvalue weighted by molar-refractivity contribution is 1.31. The van der Waals surface area contributed by atoms with Gasteiger partial charge in [0.2, 0.25) is 0 Å². The third-order valence-electron chi connectivity index (χ3n) is 2.07. The second kappa shape index (κ2) is 4.35. The molecule has 0 spiro atoms. The van der Waals surface area contributed by atoms with Crippen molar-refractivity contribution in [1.29, 1.82) is 0 Å². The van der Waals surface area contributed by atoms with Gasteiger partial charge in [0, 0.05) is 20.9 Å². The van der Waals surface area contributed by atoms with Crippen LogP contribution in [0.2, 0.25) is 0 Å². The number of benzene rings is 1. The first-order chi connectivity index (χ1) is 6.76. The van der Waals surface area contributed by atoms with Crippen LogP contribution in [0, 0.1) is 0 Å². The molecule has 1 aromatic carbocycles. The van der Waals surface area contributed by atoms with Crippen molar-refractivity contribution in [3.8, 4) is 0 Å².